The van der Waals surface area contributed by atoms with Crippen molar-refractivity contribution in [2.45, 2.75) is 39.7 Å². The van der Waals surface area contributed by atoms with Crippen LogP contribution in [0.3, 0.4) is 0 Å². The summed E-state index contributed by atoms with van der Waals surface area (Å²) in [4.78, 5) is 10.9. The van der Waals surface area contributed by atoms with Crippen molar-refractivity contribution in [1.82, 2.24) is 5.32 Å². The molecule has 0 spiro atoms. The minimum Gasteiger partial charge on any atom is -0.494 e. The predicted molar refractivity (Wildman–Crippen MR) is 75.7 cm³/mol. The molecule has 2 N–H and O–H groups in total. The van der Waals surface area contributed by atoms with Crippen molar-refractivity contribution in [1.29, 1.82) is 0 Å². The summed E-state index contributed by atoms with van der Waals surface area (Å²) in [6, 6.07) is 6.01. The van der Waals surface area contributed by atoms with Gasteiger partial charge in [0.1, 0.15) is 11.3 Å². The van der Waals surface area contributed by atoms with Crippen LogP contribution in [0, 0.1) is 13.8 Å². The van der Waals surface area contributed by atoms with E-state index in [1.807, 2.05) is 18.2 Å². The molecule has 1 rings (SSSR count). The largest absolute Gasteiger partial charge is 0.494 e. The van der Waals surface area contributed by atoms with E-state index >= 15 is 0 Å². The number of hydrogen-bond acceptors (Lipinski definition) is 3. The fraction of sp³-hybridized carbons (Fsp3) is 0.533. The number of aliphatic carboxylic acids is 1. The zero-order valence-electron chi connectivity index (χ0n) is 12.1. The van der Waals surface area contributed by atoms with E-state index in [0.717, 1.165) is 12.2 Å². The van der Waals surface area contributed by atoms with Crippen LogP contribution >= 0.6 is 0 Å². The molecule has 0 heterocycles. The number of hydrogen-bond donors (Lipinski definition) is 2. The molecular weight excluding hydrogens is 242 g/mol. The summed E-state index contributed by atoms with van der Waals surface area (Å²) in [5, 5.41) is 11.9. The topological polar surface area (TPSA) is 58.6 Å². The standard InChI is InChI=1S/C15H23NO3/c1-11-6-7-13(10-12(11)2)19-9-5-8-16-15(3,4)14(17)18/h6-7,10,16H,5,8-9H2,1-4H3,(H,17,18). The third-order valence-electron chi connectivity index (χ3n) is 3.17. The molecule has 0 aliphatic carbocycles. The van der Waals surface area contributed by atoms with Crippen molar-refractivity contribution >= 4 is 5.97 Å². The third kappa shape index (κ3) is 4.91. The number of aryl methyl sites for hydroxylation is 2. The van der Waals surface area contributed by atoms with Gasteiger partial charge in [-0.15, -0.1) is 0 Å². The summed E-state index contributed by atoms with van der Waals surface area (Å²) in [5.41, 5.74) is 1.57. The molecule has 4 nitrogen and oxygen atoms in total. The van der Waals surface area contributed by atoms with Gasteiger partial charge in [-0.25, -0.2) is 0 Å². The second-order valence-electron chi connectivity index (χ2n) is 5.31. The number of carbonyl (C=O) groups is 1. The Kier molecular flexibility index (Phi) is 5.36. The first-order valence-corrected chi connectivity index (χ1v) is 6.51. The van der Waals surface area contributed by atoms with Crippen LogP contribution in [0.5, 0.6) is 5.75 Å². The third-order valence-corrected chi connectivity index (χ3v) is 3.17. The number of carboxylic acids is 1. The highest BCUT2D eigenvalue weighted by Crippen LogP contribution is 2.16. The Balaban J connectivity index is 2.28. The molecule has 0 aliphatic rings. The quantitative estimate of drug-likeness (QED) is 0.744. The Labute approximate surface area is 114 Å². The minimum absolute atomic E-state index is 0.575. The lowest BCUT2D eigenvalue weighted by molar-refractivity contribution is -0.143. The maximum Gasteiger partial charge on any atom is 0.323 e. The Bertz CT molecular complexity index is 441. The van der Waals surface area contributed by atoms with Gasteiger partial charge in [-0.3, -0.25) is 4.79 Å². The summed E-state index contributed by atoms with van der Waals surface area (Å²) in [5.74, 6) is 0.0168. The van der Waals surface area contributed by atoms with E-state index in [-0.39, 0.29) is 0 Å². The molecule has 0 atom stereocenters. The summed E-state index contributed by atoms with van der Waals surface area (Å²) < 4.78 is 5.63. The van der Waals surface area contributed by atoms with Crippen LogP contribution in [-0.4, -0.2) is 29.8 Å². The van der Waals surface area contributed by atoms with Crippen LogP contribution in [0.1, 0.15) is 31.4 Å². The lowest BCUT2D eigenvalue weighted by atomic mass is 10.1. The van der Waals surface area contributed by atoms with Crippen LogP contribution in [0.25, 0.3) is 0 Å². The molecule has 106 valence electrons. The molecular formula is C15H23NO3. The summed E-state index contributed by atoms with van der Waals surface area (Å²) in [7, 11) is 0. The van der Waals surface area contributed by atoms with E-state index in [0.29, 0.717) is 13.2 Å². The smallest absolute Gasteiger partial charge is 0.323 e. The van der Waals surface area contributed by atoms with Crippen LogP contribution in [0.15, 0.2) is 18.2 Å². The van der Waals surface area contributed by atoms with Gasteiger partial charge >= 0.3 is 5.97 Å². The molecule has 0 radical (unpaired) electrons. The molecule has 0 aromatic heterocycles. The van der Waals surface area contributed by atoms with Crippen LogP contribution in [-0.2, 0) is 4.79 Å². The van der Waals surface area contributed by atoms with E-state index in [9.17, 15) is 4.79 Å². The molecule has 0 fully saturated rings. The highest BCUT2D eigenvalue weighted by molar-refractivity contribution is 5.77. The van der Waals surface area contributed by atoms with Crippen molar-refractivity contribution in [3.05, 3.63) is 29.3 Å². The number of benzene rings is 1. The fourth-order valence-electron chi connectivity index (χ4n) is 1.54. The highest BCUT2D eigenvalue weighted by atomic mass is 16.5. The monoisotopic (exact) mass is 265 g/mol. The summed E-state index contributed by atoms with van der Waals surface area (Å²) in [6.45, 7) is 8.62. The van der Waals surface area contributed by atoms with Crippen LogP contribution < -0.4 is 10.1 Å². The number of rotatable bonds is 7. The van der Waals surface area contributed by atoms with Gasteiger partial charge in [0.25, 0.3) is 0 Å². The highest BCUT2D eigenvalue weighted by Gasteiger charge is 2.25. The van der Waals surface area contributed by atoms with Gasteiger partial charge in [0.05, 0.1) is 6.61 Å². The molecule has 0 saturated heterocycles. The average Bonchev–Trinajstić information content (AvgIpc) is 2.33. The van der Waals surface area contributed by atoms with Crippen molar-refractivity contribution in [3.63, 3.8) is 0 Å². The zero-order chi connectivity index (χ0) is 14.5. The van der Waals surface area contributed by atoms with Crippen LogP contribution in [0.2, 0.25) is 0 Å². The van der Waals surface area contributed by atoms with Crippen molar-refractivity contribution in [2.24, 2.45) is 0 Å². The van der Waals surface area contributed by atoms with E-state index in [1.54, 1.807) is 13.8 Å². The van der Waals surface area contributed by atoms with Crippen molar-refractivity contribution in [3.8, 4) is 5.75 Å². The molecule has 0 saturated carbocycles. The fourth-order valence-corrected chi connectivity index (χ4v) is 1.54. The minimum atomic E-state index is -0.888. The van der Waals surface area contributed by atoms with Crippen LogP contribution in [0.4, 0.5) is 0 Å². The second-order valence-corrected chi connectivity index (χ2v) is 5.31. The Morgan fingerprint density at radius 1 is 1.32 bits per heavy atom. The van der Waals surface area contributed by atoms with Crippen molar-refractivity contribution < 1.29 is 14.6 Å². The molecule has 4 heteroatoms. The van der Waals surface area contributed by atoms with Gasteiger partial charge in [-0.05, 0) is 63.9 Å². The molecule has 1 aromatic carbocycles. The number of nitrogens with one attached hydrogen (secondary N) is 1. The van der Waals surface area contributed by atoms with Gasteiger partial charge in [0.15, 0.2) is 0 Å². The normalized spacial score (nSPS) is 11.4. The number of carboxylic acid groups (broad SMARTS) is 1. The average molecular weight is 265 g/mol. The Morgan fingerprint density at radius 3 is 2.58 bits per heavy atom. The second kappa shape index (κ2) is 6.57. The van der Waals surface area contributed by atoms with E-state index in [1.165, 1.54) is 11.1 Å². The van der Waals surface area contributed by atoms with Gasteiger partial charge in [-0.1, -0.05) is 6.07 Å². The molecule has 0 amide bonds. The number of ether oxygens (including phenoxy) is 1. The molecule has 1 aromatic rings. The van der Waals surface area contributed by atoms with E-state index in [2.05, 4.69) is 19.2 Å². The van der Waals surface area contributed by atoms with Gasteiger partial charge in [-0.2, -0.15) is 0 Å². The lowest BCUT2D eigenvalue weighted by Crippen LogP contribution is -2.47. The first kappa shape index (κ1) is 15.5. The van der Waals surface area contributed by atoms with Gasteiger partial charge in [0.2, 0.25) is 0 Å². The predicted octanol–water partition coefficient (Wildman–Crippen LogP) is 2.53. The first-order chi connectivity index (χ1) is 8.83. The van der Waals surface area contributed by atoms with Gasteiger partial charge < -0.3 is 15.2 Å². The van der Waals surface area contributed by atoms with E-state index in [4.69, 9.17) is 9.84 Å². The molecule has 0 bridgehead atoms. The maximum absolute atomic E-state index is 10.9. The maximum atomic E-state index is 10.9. The SMILES string of the molecule is Cc1ccc(OCCCNC(C)(C)C(=O)O)cc1C. The Morgan fingerprint density at radius 2 is 2.00 bits per heavy atom. The summed E-state index contributed by atoms with van der Waals surface area (Å²) in [6.07, 6.45) is 0.767. The lowest BCUT2D eigenvalue weighted by Gasteiger charge is -2.20. The van der Waals surface area contributed by atoms with E-state index < -0.39 is 11.5 Å². The molecule has 0 aliphatic heterocycles. The zero-order valence-corrected chi connectivity index (χ0v) is 12.1. The first-order valence-electron chi connectivity index (χ1n) is 6.51. The molecule has 0 unspecified atom stereocenters. The Hall–Kier alpha value is -1.55. The molecule has 19 heavy (non-hydrogen) atoms. The summed E-state index contributed by atoms with van der Waals surface area (Å²) >= 11 is 0. The van der Waals surface area contributed by atoms with Crippen molar-refractivity contribution in [2.75, 3.05) is 13.2 Å². The van der Waals surface area contributed by atoms with Gasteiger partial charge in [0, 0.05) is 0 Å².